The number of carbonyl (C=O) groups excluding carboxylic acids is 2. The standard InChI is InChI=1S/C21H20FN3O2/c22-18-7-5-17(6-8-18)21(27)24-13-11-23(12-14-24)20(26)15-25-10-9-16-3-1-2-4-19(16)25/h1-10H,11-15H2. The Labute approximate surface area is 156 Å². The number of hydrogen-bond acceptors (Lipinski definition) is 2. The predicted octanol–water partition coefficient (Wildman–Crippen LogP) is 2.77. The fourth-order valence-corrected chi connectivity index (χ4v) is 3.46. The molecule has 0 radical (unpaired) electrons. The maximum atomic E-state index is 13.0. The molecule has 0 saturated carbocycles. The Kier molecular flexibility index (Phi) is 4.62. The van der Waals surface area contributed by atoms with E-state index < -0.39 is 0 Å². The van der Waals surface area contributed by atoms with Gasteiger partial charge in [-0.2, -0.15) is 0 Å². The van der Waals surface area contributed by atoms with E-state index in [-0.39, 0.29) is 17.6 Å². The van der Waals surface area contributed by atoms with Gasteiger partial charge in [-0.25, -0.2) is 4.39 Å². The van der Waals surface area contributed by atoms with Crippen molar-refractivity contribution >= 4 is 22.7 Å². The molecule has 1 aromatic heterocycles. The van der Waals surface area contributed by atoms with Gasteiger partial charge in [0.25, 0.3) is 5.91 Å². The molecule has 3 aromatic rings. The highest BCUT2D eigenvalue weighted by atomic mass is 19.1. The smallest absolute Gasteiger partial charge is 0.253 e. The van der Waals surface area contributed by atoms with E-state index in [4.69, 9.17) is 0 Å². The lowest BCUT2D eigenvalue weighted by Gasteiger charge is -2.35. The molecule has 1 aliphatic rings. The third-order valence-electron chi connectivity index (χ3n) is 5.00. The third kappa shape index (κ3) is 3.56. The van der Waals surface area contributed by atoms with Gasteiger partial charge in [0, 0.05) is 43.5 Å². The van der Waals surface area contributed by atoms with Crippen LogP contribution in [-0.4, -0.2) is 52.4 Å². The fraction of sp³-hybridized carbons (Fsp3) is 0.238. The molecule has 5 nitrogen and oxygen atoms in total. The van der Waals surface area contributed by atoms with Gasteiger partial charge in [0.15, 0.2) is 0 Å². The summed E-state index contributed by atoms with van der Waals surface area (Å²) in [7, 11) is 0. The molecule has 0 N–H and O–H groups in total. The highest BCUT2D eigenvalue weighted by molar-refractivity contribution is 5.94. The highest BCUT2D eigenvalue weighted by Gasteiger charge is 2.25. The van der Waals surface area contributed by atoms with Crippen LogP contribution in [0.2, 0.25) is 0 Å². The molecule has 4 rings (SSSR count). The summed E-state index contributed by atoms with van der Waals surface area (Å²) in [6, 6.07) is 15.5. The van der Waals surface area contributed by atoms with Gasteiger partial charge in [-0.1, -0.05) is 18.2 Å². The number of amides is 2. The van der Waals surface area contributed by atoms with Crippen LogP contribution in [-0.2, 0) is 11.3 Å². The van der Waals surface area contributed by atoms with E-state index in [0.29, 0.717) is 38.3 Å². The van der Waals surface area contributed by atoms with E-state index in [2.05, 4.69) is 0 Å². The van der Waals surface area contributed by atoms with Crippen LogP contribution in [0.25, 0.3) is 10.9 Å². The lowest BCUT2D eigenvalue weighted by molar-refractivity contribution is -0.133. The summed E-state index contributed by atoms with van der Waals surface area (Å²) >= 11 is 0. The number of piperazine rings is 1. The van der Waals surface area contributed by atoms with Gasteiger partial charge >= 0.3 is 0 Å². The lowest BCUT2D eigenvalue weighted by atomic mass is 10.2. The molecule has 2 heterocycles. The molecule has 0 atom stereocenters. The van der Waals surface area contributed by atoms with Gasteiger partial charge in [-0.05, 0) is 41.8 Å². The summed E-state index contributed by atoms with van der Waals surface area (Å²) in [6.45, 7) is 2.26. The second kappa shape index (κ2) is 7.23. The molecular formula is C21H20FN3O2. The number of rotatable bonds is 3. The average molecular weight is 365 g/mol. The lowest BCUT2D eigenvalue weighted by Crippen LogP contribution is -2.51. The zero-order valence-corrected chi connectivity index (χ0v) is 14.8. The van der Waals surface area contributed by atoms with Gasteiger partial charge in [0.2, 0.25) is 5.91 Å². The van der Waals surface area contributed by atoms with Crippen molar-refractivity contribution in [1.29, 1.82) is 0 Å². The Morgan fingerprint density at radius 1 is 0.852 bits per heavy atom. The Hall–Kier alpha value is -3.15. The van der Waals surface area contributed by atoms with E-state index in [9.17, 15) is 14.0 Å². The third-order valence-corrected chi connectivity index (χ3v) is 5.00. The Morgan fingerprint density at radius 2 is 1.52 bits per heavy atom. The van der Waals surface area contributed by atoms with Crippen LogP contribution in [0.5, 0.6) is 0 Å². The molecule has 1 fully saturated rings. The molecule has 0 unspecified atom stereocenters. The predicted molar refractivity (Wildman–Crippen MR) is 101 cm³/mol. The van der Waals surface area contributed by atoms with Crippen LogP contribution in [0, 0.1) is 5.82 Å². The van der Waals surface area contributed by atoms with Crippen molar-refractivity contribution in [3.8, 4) is 0 Å². The zero-order chi connectivity index (χ0) is 18.8. The average Bonchev–Trinajstić information content (AvgIpc) is 3.11. The van der Waals surface area contributed by atoms with E-state index in [1.165, 1.54) is 24.3 Å². The monoisotopic (exact) mass is 365 g/mol. The summed E-state index contributed by atoms with van der Waals surface area (Å²) in [5.74, 6) is -0.441. The minimum atomic E-state index is -0.362. The molecule has 2 aromatic carbocycles. The molecule has 0 spiro atoms. The van der Waals surface area contributed by atoms with Crippen molar-refractivity contribution < 1.29 is 14.0 Å². The first kappa shape index (κ1) is 17.3. The van der Waals surface area contributed by atoms with Crippen LogP contribution in [0.1, 0.15) is 10.4 Å². The molecule has 6 heteroatoms. The number of hydrogen-bond donors (Lipinski definition) is 0. The first-order valence-electron chi connectivity index (χ1n) is 8.98. The van der Waals surface area contributed by atoms with Gasteiger partial charge in [-0.15, -0.1) is 0 Å². The number of para-hydroxylation sites is 1. The Morgan fingerprint density at radius 3 is 2.26 bits per heavy atom. The summed E-state index contributed by atoms with van der Waals surface area (Å²) < 4.78 is 15.0. The van der Waals surface area contributed by atoms with Crippen molar-refractivity contribution in [3.63, 3.8) is 0 Å². The van der Waals surface area contributed by atoms with E-state index in [0.717, 1.165) is 10.9 Å². The number of halogens is 1. The summed E-state index contributed by atoms with van der Waals surface area (Å²) in [4.78, 5) is 28.6. The van der Waals surface area contributed by atoms with Crippen LogP contribution in [0.3, 0.4) is 0 Å². The second-order valence-electron chi connectivity index (χ2n) is 6.68. The number of aromatic nitrogens is 1. The summed E-state index contributed by atoms with van der Waals surface area (Å²) in [5, 5.41) is 1.11. The molecule has 0 bridgehead atoms. The maximum absolute atomic E-state index is 13.0. The van der Waals surface area contributed by atoms with E-state index in [1.807, 2.05) is 41.1 Å². The molecule has 2 amide bonds. The Balaban J connectivity index is 1.36. The van der Waals surface area contributed by atoms with E-state index >= 15 is 0 Å². The molecule has 0 aliphatic carbocycles. The van der Waals surface area contributed by atoms with Crippen molar-refractivity contribution in [2.45, 2.75) is 6.54 Å². The van der Waals surface area contributed by atoms with Crippen LogP contribution >= 0.6 is 0 Å². The van der Waals surface area contributed by atoms with Gasteiger partial charge in [0.05, 0.1) is 0 Å². The largest absolute Gasteiger partial charge is 0.338 e. The minimum Gasteiger partial charge on any atom is -0.338 e. The fourth-order valence-electron chi connectivity index (χ4n) is 3.46. The molecule has 27 heavy (non-hydrogen) atoms. The number of benzene rings is 2. The van der Waals surface area contributed by atoms with Crippen LogP contribution < -0.4 is 0 Å². The SMILES string of the molecule is O=C(Cn1ccc2ccccc21)N1CCN(C(=O)c2ccc(F)cc2)CC1. The van der Waals surface area contributed by atoms with Crippen molar-refractivity contribution in [2.24, 2.45) is 0 Å². The first-order valence-corrected chi connectivity index (χ1v) is 8.98. The minimum absolute atomic E-state index is 0.0465. The van der Waals surface area contributed by atoms with Crippen LogP contribution in [0.4, 0.5) is 4.39 Å². The number of fused-ring (bicyclic) bond motifs is 1. The quantitative estimate of drug-likeness (QED) is 0.717. The molecular weight excluding hydrogens is 345 g/mol. The van der Waals surface area contributed by atoms with Gasteiger partial charge < -0.3 is 14.4 Å². The topological polar surface area (TPSA) is 45.6 Å². The zero-order valence-electron chi connectivity index (χ0n) is 14.8. The Bertz CT molecular complexity index is 973. The highest BCUT2D eigenvalue weighted by Crippen LogP contribution is 2.16. The van der Waals surface area contributed by atoms with Gasteiger partial charge in [0.1, 0.15) is 12.4 Å². The van der Waals surface area contributed by atoms with Crippen molar-refractivity contribution in [1.82, 2.24) is 14.4 Å². The number of carbonyl (C=O) groups is 2. The summed E-state index contributed by atoms with van der Waals surface area (Å²) in [5.41, 5.74) is 1.51. The second-order valence-corrected chi connectivity index (χ2v) is 6.68. The van der Waals surface area contributed by atoms with Crippen LogP contribution in [0.15, 0.2) is 60.8 Å². The van der Waals surface area contributed by atoms with Crippen molar-refractivity contribution in [2.75, 3.05) is 26.2 Å². The molecule has 1 aliphatic heterocycles. The molecule has 1 saturated heterocycles. The summed E-state index contributed by atoms with van der Waals surface area (Å²) in [6.07, 6.45) is 1.93. The normalized spacial score (nSPS) is 14.6. The van der Waals surface area contributed by atoms with Crippen molar-refractivity contribution in [3.05, 3.63) is 72.2 Å². The first-order chi connectivity index (χ1) is 13.1. The molecule has 138 valence electrons. The maximum Gasteiger partial charge on any atom is 0.253 e. The number of nitrogens with zero attached hydrogens (tertiary/aromatic N) is 3. The van der Waals surface area contributed by atoms with Gasteiger partial charge in [-0.3, -0.25) is 9.59 Å². The van der Waals surface area contributed by atoms with E-state index in [1.54, 1.807) is 9.80 Å².